The van der Waals surface area contributed by atoms with Gasteiger partial charge in [0.1, 0.15) is 11.6 Å². The molecule has 146 valence electrons. The molecule has 3 rings (SSSR count). The number of rotatable bonds is 8. The van der Waals surface area contributed by atoms with Crippen molar-refractivity contribution in [2.75, 3.05) is 13.7 Å². The summed E-state index contributed by atoms with van der Waals surface area (Å²) in [6.07, 6.45) is 3.84. The van der Waals surface area contributed by atoms with Crippen molar-refractivity contribution in [2.24, 2.45) is 4.99 Å². The summed E-state index contributed by atoms with van der Waals surface area (Å²) in [5, 5.41) is 6.66. The predicted molar refractivity (Wildman–Crippen MR) is 112 cm³/mol. The zero-order valence-electron chi connectivity index (χ0n) is 16.4. The summed E-state index contributed by atoms with van der Waals surface area (Å²) in [6, 6.07) is 18.3. The zero-order chi connectivity index (χ0) is 19.6. The minimum atomic E-state index is 0.574. The Morgan fingerprint density at radius 3 is 2.68 bits per heavy atom. The van der Waals surface area contributed by atoms with Gasteiger partial charge in [0.2, 0.25) is 0 Å². The van der Waals surface area contributed by atoms with Crippen LogP contribution in [-0.2, 0) is 19.6 Å². The van der Waals surface area contributed by atoms with Crippen LogP contribution in [0.5, 0.6) is 5.75 Å². The fraction of sp³-hybridized carbons (Fsp3) is 0.273. The van der Waals surface area contributed by atoms with Crippen LogP contribution in [0.15, 0.2) is 72.0 Å². The van der Waals surface area contributed by atoms with Crippen LogP contribution >= 0.6 is 0 Å². The Labute approximate surface area is 166 Å². The number of benzene rings is 2. The molecule has 2 aromatic carbocycles. The molecule has 2 N–H and O–H groups in total. The van der Waals surface area contributed by atoms with Crippen LogP contribution in [0.1, 0.15) is 23.9 Å². The van der Waals surface area contributed by atoms with E-state index in [9.17, 15) is 0 Å². The monoisotopic (exact) mass is 377 g/mol. The van der Waals surface area contributed by atoms with Crippen LogP contribution in [0.2, 0.25) is 0 Å². The Morgan fingerprint density at radius 2 is 1.89 bits per heavy atom. The maximum atomic E-state index is 5.28. The standard InChI is InChI=1S/C22H27N5O/c1-3-23-22(25-15-19-10-7-11-20(14-19)28-2)26-16-21-24-12-13-27(21)17-18-8-5-4-6-9-18/h4-14H,3,15-17H2,1-2H3,(H2,23,25,26). The third-order valence-corrected chi connectivity index (χ3v) is 4.31. The highest BCUT2D eigenvalue weighted by atomic mass is 16.5. The van der Waals surface area contributed by atoms with E-state index in [0.717, 1.165) is 36.2 Å². The maximum absolute atomic E-state index is 5.28. The van der Waals surface area contributed by atoms with E-state index in [1.807, 2.05) is 42.7 Å². The van der Waals surface area contributed by atoms with Gasteiger partial charge >= 0.3 is 0 Å². The third-order valence-electron chi connectivity index (χ3n) is 4.31. The number of methoxy groups -OCH3 is 1. The molecule has 1 aromatic heterocycles. The highest BCUT2D eigenvalue weighted by Crippen LogP contribution is 2.13. The molecule has 0 atom stereocenters. The van der Waals surface area contributed by atoms with Gasteiger partial charge in [-0.15, -0.1) is 0 Å². The first kappa shape index (κ1) is 19.5. The molecule has 28 heavy (non-hydrogen) atoms. The molecule has 0 unspecified atom stereocenters. The number of nitrogens with one attached hydrogen (secondary N) is 2. The van der Waals surface area contributed by atoms with E-state index < -0.39 is 0 Å². The summed E-state index contributed by atoms with van der Waals surface area (Å²) in [4.78, 5) is 9.16. The van der Waals surface area contributed by atoms with Crippen LogP contribution in [-0.4, -0.2) is 29.2 Å². The average Bonchev–Trinajstić information content (AvgIpc) is 3.18. The molecule has 0 aliphatic rings. The van der Waals surface area contributed by atoms with Crippen LogP contribution in [0.4, 0.5) is 0 Å². The normalized spacial score (nSPS) is 11.3. The Kier molecular flexibility index (Phi) is 7.07. The molecule has 0 aliphatic heterocycles. The quantitative estimate of drug-likeness (QED) is 0.467. The SMILES string of the molecule is CCNC(=NCc1cccc(OC)c1)NCc1nccn1Cc1ccccc1. The molecule has 0 saturated carbocycles. The molecule has 3 aromatic rings. The second-order valence-electron chi connectivity index (χ2n) is 6.36. The minimum absolute atomic E-state index is 0.574. The smallest absolute Gasteiger partial charge is 0.191 e. The summed E-state index contributed by atoms with van der Waals surface area (Å²) < 4.78 is 7.42. The minimum Gasteiger partial charge on any atom is -0.497 e. The number of hydrogen-bond acceptors (Lipinski definition) is 3. The maximum Gasteiger partial charge on any atom is 0.191 e. The summed E-state index contributed by atoms with van der Waals surface area (Å²) in [5.74, 6) is 2.57. The number of hydrogen-bond donors (Lipinski definition) is 2. The van der Waals surface area contributed by atoms with Crippen molar-refractivity contribution in [3.63, 3.8) is 0 Å². The number of nitrogens with zero attached hydrogens (tertiary/aromatic N) is 3. The van der Waals surface area contributed by atoms with Crippen molar-refractivity contribution in [3.8, 4) is 5.75 Å². The van der Waals surface area contributed by atoms with Crippen LogP contribution < -0.4 is 15.4 Å². The number of imidazole rings is 1. The van der Waals surface area contributed by atoms with Gasteiger partial charge in [0.05, 0.1) is 20.2 Å². The van der Waals surface area contributed by atoms with Gasteiger partial charge in [-0.05, 0) is 30.2 Å². The first-order chi connectivity index (χ1) is 13.8. The number of guanidine groups is 1. The fourth-order valence-corrected chi connectivity index (χ4v) is 2.88. The molecule has 6 heteroatoms. The van der Waals surface area contributed by atoms with E-state index in [0.29, 0.717) is 13.1 Å². The second-order valence-corrected chi connectivity index (χ2v) is 6.36. The lowest BCUT2D eigenvalue weighted by atomic mass is 10.2. The first-order valence-corrected chi connectivity index (χ1v) is 9.47. The molecule has 0 saturated heterocycles. The van der Waals surface area contributed by atoms with Gasteiger partial charge in [0.15, 0.2) is 5.96 Å². The van der Waals surface area contributed by atoms with Crippen molar-refractivity contribution in [2.45, 2.75) is 26.6 Å². The summed E-state index contributed by atoms with van der Waals surface area (Å²) >= 11 is 0. The molecule has 0 bridgehead atoms. The van der Waals surface area contributed by atoms with Crippen LogP contribution in [0.3, 0.4) is 0 Å². The molecule has 0 amide bonds. The summed E-state index contributed by atoms with van der Waals surface area (Å²) in [7, 11) is 1.67. The van der Waals surface area contributed by atoms with E-state index in [1.165, 1.54) is 5.56 Å². The van der Waals surface area contributed by atoms with Gasteiger partial charge in [-0.2, -0.15) is 0 Å². The molecule has 6 nitrogen and oxygen atoms in total. The largest absolute Gasteiger partial charge is 0.497 e. The molecule has 0 fully saturated rings. The lowest BCUT2D eigenvalue weighted by Gasteiger charge is -2.13. The van der Waals surface area contributed by atoms with Gasteiger partial charge < -0.3 is 19.9 Å². The molecule has 0 aliphatic carbocycles. The second kappa shape index (κ2) is 10.2. The Hall–Kier alpha value is -3.28. The van der Waals surface area contributed by atoms with E-state index in [2.05, 4.69) is 56.4 Å². The molecular formula is C22H27N5O. The topological polar surface area (TPSA) is 63.5 Å². The predicted octanol–water partition coefficient (Wildman–Crippen LogP) is 3.20. The van der Waals surface area contributed by atoms with Crippen molar-refractivity contribution in [1.82, 2.24) is 20.2 Å². The number of aromatic nitrogens is 2. The highest BCUT2D eigenvalue weighted by molar-refractivity contribution is 5.79. The van der Waals surface area contributed by atoms with Crippen molar-refractivity contribution in [3.05, 3.63) is 83.9 Å². The molecule has 1 heterocycles. The molecule has 0 radical (unpaired) electrons. The van der Waals surface area contributed by atoms with Gasteiger partial charge in [-0.25, -0.2) is 9.98 Å². The summed E-state index contributed by atoms with van der Waals surface area (Å²) in [5.41, 5.74) is 2.35. The fourth-order valence-electron chi connectivity index (χ4n) is 2.88. The highest BCUT2D eigenvalue weighted by Gasteiger charge is 2.05. The van der Waals surface area contributed by atoms with E-state index in [-0.39, 0.29) is 0 Å². The van der Waals surface area contributed by atoms with Crippen molar-refractivity contribution in [1.29, 1.82) is 0 Å². The Balaban J connectivity index is 1.63. The van der Waals surface area contributed by atoms with Gasteiger partial charge in [0.25, 0.3) is 0 Å². The number of ether oxygens (including phenoxy) is 1. The number of aliphatic imine (C=N–C) groups is 1. The summed E-state index contributed by atoms with van der Waals surface area (Å²) in [6.45, 7) is 4.83. The van der Waals surface area contributed by atoms with Crippen molar-refractivity contribution < 1.29 is 4.74 Å². The van der Waals surface area contributed by atoms with Gasteiger partial charge in [-0.1, -0.05) is 42.5 Å². The lowest BCUT2D eigenvalue weighted by molar-refractivity contribution is 0.414. The van der Waals surface area contributed by atoms with Crippen molar-refractivity contribution >= 4 is 5.96 Å². The molecular weight excluding hydrogens is 350 g/mol. The first-order valence-electron chi connectivity index (χ1n) is 9.47. The average molecular weight is 377 g/mol. The van der Waals surface area contributed by atoms with E-state index >= 15 is 0 Å². The Bertz CT molecular complexity index is 889. The van der Waals surface area contributed by atoms with E-state index in [1.54, 1.807) is 7.11 Å². The van der Waals surface area contributed by atoms with Gasteiger partial charge in [0, 0.05) is 25.5 Å². The van der Waals surface area contributed by atoms with Crippen LogP contribution in [0, 0.1) is 0 Å². The lowest BCUT2D eigenvalue weighted by Crippen LogP contribution is -2.37. The molecule has 0 spiro atoms. The van der Waals surface area contributed by atoms with E-state index in [4.69, 9.17) is 4.74 Å². The zero-order valence-corrected chi connectivity index (χ0v) is 16.4. The third kappa shape index (κ3) is 5.61. The van der Waals surface area contributed by atoms with Crippen LogP contribution in [0.25, 0.3) is 0 Å². The Morgan fingerprint density at radius 1 is 1.07 bits per heavy atom. The van der Waals surface area contributed by atoms with Gasteiger partial charge in [-0.3, -0.25) is 0 Å².